The Morgan fingerprint density at radius 3 is 2.67 bits per heavy atom. The van der Waals surface area contributed by atoms with Gasteiger partial charge in [0.05, 0.1) is 41.8 Å². The van der Waals surface area contributed by atoms with Crippen molar-refractivity contribution in [2.75, 3.05) is 24.6 Å². The van der Waals surface area contributed by atoms with Crippen LogP contribution in [0.5, 0.6) is 0 Å². The average molecular weight is 652 g/mol. The highest BCUT2D eigenvalue weighted by molar-refractivity contribution is 7.99. The second-order valence-electron chi connectivity index (χ2n) is 12.7. The quantitative estimate of drug-likeness (QED) is 0.268. The van der Waals surface area contributed by atoms with Gasteiger partial charge in [-0.2, -0.15) is 0 Å². The Hall–Kier alpha value is -3.45. The predicted molar refractivity (Wildman–Crippen MR) is 173 cm³/mol. The van der Waals surface area contributed by atoms with Gasteiger partial charge in [0.25, 0.3) is 0 Å². The maximum absolute atomic E-state index is 12.6. The first-order chi connectivity index (χ1) is 21.5. The van der Waals surface area contributed by atoms with Gasteiger partial charge in [0.2, 0.25) is 0 Å². The highest BCUT2D eigenvalue weighted by Crippen LogP contribution is 2.44. The van der Waals surface area contributed by atoms with E-state index in [1.165, 1.54) is 11.8 Å². The van der Waals surface area contributed by atoms with E-state index in [0.29, 0.717) is 46.9 Å². The zero-order chi connectivity index (χ0) is 31.9. The van der Waals surface area contributed by atoms with E-state index in [2.05, 4.69) is 15.2 Å². The molecule has 2 fully saturated rings. The second-order valence-corrected chi connectivity index (χ2v) is 14.1. The van der Waals surface area contributed by atoms with Crippen LogP contribution in [0.25, 0.3) is 17.0 Å². The summed E-state index contributed by atoms with van der Waals surface area (Å²) in [6.45, 7) is 11.2. The maximum atomic E-state index is 12.6. The van der Waals surface area contributed by atoms with Crippen LogP contribution in [0.15, 0.2) is 52.8 Å². The number of aliphatic hydroxyl groups is 1. The predicted octanol–water partition coefficient (Wildman–Crippen LogP) is 5.69. The van der Waals surface area contributed by atoms with Crippen LogP contribution in [0.3, 0.4) is 0 Å². The number of carbonyl (C=O) groups excluding carboxylic acids is 1. The number of piperidine rings is 1. The van der Waals surface area contributed by atoms with Crippen LogP contribution in [-0.4, -0.2) is 73.0 Å². The number of alkyl carbamates (subject to hydrolysis) is 1. The van der Waals surface area contributed by atoms with Gasteiger partial charge < -0.3 is 29.2 Å². The minimum atomic E-state index is -0.577. The number of halogens is 1. The lowest BCUT2D eigenvalue weighted by Crippen LogP contribution is -2.55. The minimum Gasteiger partial charge on any atom is -0.444 e. The number of nitrogens with one attached hydrogen (secondary N) is 1. The van der Waals surface area contributed by atoms with Crippen LogP contribution in [0.4, 0.5) is 10.6 Å². The van der Waals surface area contributed by atoms with Gasteiger partial charge in [-0.05, 0) is 65.7 Å². The van der Waals surface area contributed by atoms with Crippen LogP contribution < -0.4 is 10.2 Å². The summed E-state index contributed by atoms with van der Waals surface area (Å²) < 4.78 is 13.5. The molecule has 0 saturated carbocycles. The number of hydrogen-bond donors (Lipinski definition) is 2. The molecule has 4 aromatic heterocycles. The Morgan fingerprint density at radius 2 is 1.98 bits per heavy atom. The van der Waals surface area contributed by atoms with Crippen molar-refractivity contribution < 1.29 is 19.4 Å². The van der Waals surface area contributed by atoms with E-state index in [9.17, 15) is 9.90 Å². The van der Waals surface area contributed by atoms with Crippen molar-refractivity contribution in [1.82, 2.24) is 29.7 Å². The van der Waals surface area contributed by atoms with Gasteiger partial charge >= 0.3 is 6.09 Å². The molecule has 2 aliphatic heterocycles. The Labute approximate surface area is 271 Å². The molecule has 45 heavy (non-hydrogen) atoms. The molecule has 2 aliphatic rings. The number of pyridine rings is 2. The monoisotopic (exact) mass is 651 g/mol. The number of aryl methyl sites for hydroxylation is 1. The summed E-state index contributed by atoms with van der Waals surface area (Å²) in [6.07, 6.45) is 6.58. The van der Waals surface area contributed by atoms with Crippen LogP contribution in [0.1, 0.15) is 51.9 Å². The van der Waals surface area contributed by atoms with E-state index in [4.69, 9.17) is 36.0 Å². The van der Waals surface area contributed by atoms with E-state index >= 15 is 0 Å². The molecular formula is C32H38ClN7O4S. The fourth-order valence-electron chi connectivity index (χ4n) is 6.11. The van der Waals surface area contributed by atoms with Gasteiger partial charge in [-0.3, -0.25) is 4.98 Å². The van der Waals surface area contributed by atoms with Crippen molar-refractivity contribution in [3.8, 4) is 11.4 Å². The van der Waals surface area contributed by atoms with Gasteiger partial charge in [0.15, 0.2) is 11.5 Å². The van der Waals surface area contributed by atoms with Crippen molar-refractivity contribution in [3.05, 3.63) is 59.3 Å². The summed E-state index contributed by atoms with van der Waals surface area (Å²) in [4.78, 5) is 34.5. The molecule has 238 valence electrons. The number of rotatable bonds is 6. The molecule has 2 atom stereocenters. The van der Waals surface area contributed by atoms with Crippen LogP contribution >= 0.6 is 23.4 Å². The fourth-order valence-corrected chi connectivity index (χ4v) is 7.29. The number of aliphatic hydroxyl groups excluding tert-OH is 1. The van der Waals surface area contributed by atoms with E-state index in [1.54, 1.807) is 6.20 Å². The molecule has 0 radical (unpaired) electrons. The molecule has 13 heteroatoms. The Kier molecular flexibility index (Phi) is 8.68. The second kappa shape index (κ2) is 12.4. The molecule has 2 N–H and O–H groups in total. The van der Waals surface area contributed by atoms with Crippen molar-refractivity contribution >= 4 is 40.9 Å². The maximum Gasteiger partial charge on any atom is 0.407 e. The number of hydrogen-bond acceptors (Lipinski definition) is 10. The van der Waals surface area contributed by atoms with Crippen molar-refractivity contribution in [1.29, 1.82) is 0 Å². The molecule has 6 heterocycles. The first-order valence-electron chi connectivity index (χ1n) is 15.1. The van der Waals surface area contributed by atoms with Gasteiger partial charge in [-0.25, -0.2) is 19.7 Å². The topological polar surface area (TPSA) is 127 Å². The van der Waals surface area contributed by atoms with Crippen molar-refractivity contribution in [2.45, 2.75) is 81.7 Å². The summed E-state index contributed by atoms with van der Waals surface area (Å²) in [6, 6.07) is 7.46. The molecule has 11 nitrogen and oxygen atoms in total. The SMILES string of the molecule is Cc1nc(N2CCC3(CC2)CO[C@@H](C)[C@H]3NC(=O)OC(C)(C)C)c(CO)nc1Sc1ccn2cc(-c3ccccn3)nc2c1Cl. The number of ether oxygens (including phenoxy) is 2. The number of carbonyl (C=O) groups is 1. The number of amides is 1. The summed E-state index contributed by atoms with van der Waals surface area (Å²) >= 11 is 8.24. The first-order valence-corrected chi connectivity index (χ1v) is 16.3. The lowest BCUT2D eigenvalue weighted by atomic mass is 9.73. The fraction of sp³-hybridized carbons (Fsp3) is 0.469. The number of aromatic nitrogens is 5. The molecule has 1 amide bonds. The third kappa shape index (κ3) is 6.46. The summed E-state index contributed by atoms with van der Waals surface area (Å²) in [5, 5.41) is 14.6. The Bertz CT molecular complexity index is 1700. The van der Waals surface area contributed by atoms with Gasteiger partial charge in [0.1, 0.15) is 22.0 Å². The lowest BCUT2D eigenvalue weighted by molar-refractivity contribution is 0.0434. The van der Waals surface area contributed by atoms with Gasteiger partial charge in [0, 0.05) is 42.0 Å². The molecule has 0 bridgehead atoms. The lowest BCUT2D eigenvalue weighted by Gasteiger charge is -2.43. The molecule has 0 aliphatic carbocycles. The number of anilines is 1. The minimum absolute atomic E-state index is 0.120. The van der Waals surface area contributed by atoms with E-state index in [-0.39, 0.29) is 24.2 Å². The zero-order valence-corrected chi connectivity index (χ0v) is 27.7. The molecular weight excluding hydrogens is 614 g/mol. The standard InChI is InChI=1S/C32H38ClN7O4S/c1-19-29(45-24-9-13-40-16-22(36-28(40)25(24)33)21-8-6-7-12-34-21)37-23(17-41)27(35-19)39-14-10-32(11-15-39)18-43-20(2)26(32)38-30(42)44-31(3,4)5/h6-9,12-13,16,20,26,41H,10-11,14-15,17-18H2,1-5H3,(H,38,42)/t20-,26+/m0/s1. The molecule has 2 saturated heterocycles. The third-order valence-electron chi connectivity index (χ3n) is 8.39. The summed E-state index contributed by atoms with van der Waals surface area (Å²) in [5.41, 5.74) is 2.59. The average Bonchev–Trinajstić information content (AvgIpc) is 3.57. The highest BCUT2D eigenvalue weighted by Gasteiger charge is 2.50. The van der Waals surface area contributed by atoms with Gasteiger partial charge in [-0.1, -0.05) is 29.4 Å². The van der Waals surface area contributed by atoms with E-state index < -0.39 is 11.7 Å². The zero-order valence-electron chi connectivity index (χ0n) is 26.1. The Balaban J connectivity index is 1.19. The summed E-state index contributed by atoms with van der Waals surface area (Å²) in [7, 11) is 0. The van der Waals surface area contributed by atoms with Crippen LogP contribution in [0, 0.1) is 12.3 Å². The molecule has 1 spiro atoms. The molecule has 4 aromatic rings. The van der Waals surface area contributed by atoms with E-state index in [1.807, 2.05) is 75.7 Å². The van der Waals surface area contributed by atoms with E-state index in [0.717, 1.165) is 34.8 Å². The number of nitrogens with zero attached hydrogens (tertiary/aromatic N) is 6. The largest absolute Gasteiger partial charge is 0.444 e. The van der Waals surface area contributed by atoms with Gasteiger partial charge in [-0.15, -0.1) is 0 Å². The summed E-state index contributed by atoms with van der Waals surface area (Å²) in [5.74, 6) is 0.674. The van der Waals surface area contributed by atoms with Crippen molar-refractivity contribution in [2.24, 2.45) is 5.41 Å². The first kappa shape index (κ1) is 31.5. The number of fused-ring (bicyclic) bond motifs is 1. The molecule has 0 unspecified atom stereocenters. The smallest absolute Gasteiger partial charge is 0.407 e. The molecule has 0 aromatic carbocycles. The normalized spacial score (nSPS) is 19.8. The van der Waals surface area contributed by atoms with Crippen LogP contribution in [0.2, 0.25) is 5.02 Å². The molecule has 6 rings (SSSR count). The Morgan fingerprint density at radius 1 is 1.20 bits per heavy atom. The van der Waals surface area contributed by atoms with Crippen LogP contribution in [-0.2, 0) is 16.1 Å². The highest BCUT2D eigenvalue weighted by atomic mass is 35.5. The van der Waals surface area contributed by atoms with Crippen molar-refractivity contribution in [3.63, 3.8) is 0 Å². The third-order valence-corrected chi connectivity index (χ3v) is 10.0. The number of imidazole rings is 1.